The molecule has 0 aliphatic rings. The Balaban J connectivity index is 1.94. The van der Waals surface area contributed by atoms with Gasteiger partial charge in [-0.1, -0.05) is 109 Å². The average molecular weight is 397 g/mol. The molecular formula is C29H19NO. The van der Waals surface area contributed by atoms with Gasteiger partial charge in [-0.3, -0.25) is 4.79 Å². The molecule has 2 nitrogen and oxygen atoms in total. The Hall–Kier alpha value is -4.17. The molecule has 6 aromatic rings. The fourth-order valence-electron chi connectivity index (χ4n) is 4.63. The van der Waals surface area contributed by atoms with Gasteiger partial charge in [0.05, 0.1) is 16.6 Å². The predicted octanol–water partition coefficient (Wildman–Crippen LogP) is 7.17. The van der Waals surface area contributed by atoms with E-state index in [4.69, 9.17) is 0 Å². The van der Waals surface area contributed by atoms with E-state index >= 15 is 0 Å². The maximum Gasteiger partial charge on any atom is 0.196 e. The second-order valence-electron chi connectivity index (χ2n) is 7.78. The molecule has 0 saturated carbocycles. The Morgan fingerprint density at radius 2 is 0.968 bits per heavy atom. The van der Waals surface area contributed by atoms with Crippen LogP contribution in [0.25, 0.3) is 54.8 Å². The van der Waals surface area contributed by atoms with Crippen molar-refractivity contribution in [2.24, 2.45) is 0 Å². The Morgan fingerprint density at radius 3 is 1.61 bits per heavy atom. The van der Waals surface area contributed by atoms with E-state index in [1.54, 1.807) is 0 Å². The summed E-state index contributed by atoms with van der Waals surface area (Å²) in [5.74, 6) is 0. The molecule has 0 aliphatic carbocycles. The van der Waals surface area contributed by atoms with Gasteiger partial charge >= 0.3 is 0 Å². The molecular weight excluding hydrogens is 378 g/mol. The molecule has 0 saturated heterocycles. The fourth-order valence-corrected chi connectivity index (χ4v) is 4.63. The van der Waals surface area contributed by atoms with Crippen LogP contribution in [0.1, 0.15) is 0 Å². The predicted molar refractivity (Wildman–Crippen MR) is 130 cm³/mol. The van der Waals surface area contributed by atoms with Gasteiger partial charge in [-0.2, -0.15) is 0 Å². The number of aromatic amines is 1. The monoisotopic (exact) mass is 397 g/mol. The maximum atomic E-state index is 14.0. The molecule has 31 heavy (non-hydrogen) atoms. The van der Waals surface area contributed by atoms with E-state index < -0.39 is 0 Å². The van der Waals surface area contributed by atoms with Crippen LogP contribution in [-0.4, -0.2) is 4.98 Å². The highest BCUT2D eigenvalue weighted by molar-refractivity contribution is 6.20. The third-order valence-corrected chi connectivity index (χ3v) is 6.01. The summed E-state index contributed by atoms with van der Waals surface area (Å²) in [5.41, 5.74) is 4.96. The standard InChI is InChI=1S/C29H19NO/c31-29-24-18-10-8-16-22(24)21-15-7-9-17-23(21)28-26(29)25(19-11-3-1-4-12-19)27(30-28)20-13-5-2-6-14-20/h1-18,30H. The van der Waals surface area contributed by atoms with E-state index in [9.17, 15) is 4.79 Å². The van der Waals surface area contributed by atoms with Gasteiger partial charge in [0.25, 0.3) is 0 Å². The van der Waals surface area contributed by atoms with Crippen molar-refractivity contribution in [2.45, 2.75) is 0 Å². The van der Waals surface area contributed by atoms with E-state index in [2.05, 4.69) is 41.4 Å². The van der Waals surface area contributed by atoms with Crippen LogP contribution >= 0.6 is 0 Å². The van der Waals surface area contributed by atoms with Gasteiger partial charge in [-0.15, -0.1) is 0 Å². The first-order valence-electron chi connectivity index (χ1n) is 10.4. The fraction of sp³-hybridized carbons (Fsp3) is 0. The summed E-state index contributed by atoms with van der Waals surface area (Å²) in [7, 11) is 0. The van der Waals surface area contributed by atoms with Crippen molar-refractivity contribution in [1.29, 1.82) is 0 Å². The van der Waals surface area contributed by atoms with Gasteiger partial charge in [-0.05, 0) is 21.9 Å². The molecule has 0 aliphatic heterocycles. The number of nitrogens with one attached hydrogen (secondary N) is 1. The van der Waals surface area contributed by atoms with Crippen LogP contribution < -0.4 is 5.43 Å². The number of hydrogen-bond donors (Lipinski definition) is 1. The normalized spacial score (nSPS) is 11.4. The summed E-state index contributed by atoms with van der Waals surface area (Å²) in [4.78, 5) is 17.7. The topological polar surface area (TPSA) is 32.9 Å². The number of H-pyrrole nitrogens is 1. The lowest BCUT2D eigenvalue weighted by molar-refractivity contribution is 1.46. The molecule has 0 unspecified atom stereocenters. The minimum atomic E-state index is 0.0547. The molecule has 0 atom stereocenters. The third-order valence-electron chi connectivity index (χ3n) is 6.01. The summed E-state index contributed by atoms with van der Waals surface area (Å²) < 4.78 is 0. The highest BCUT2D eigenvalue weighted by Gasteiger charge is 2.20. The van der Waals surface area contributed by atoms with Crippen molar-refractivity contribution in [3.05, 3.63) is 119 Å². The molecule has 2 heteroatoms. The van der Waals surface area contributed by atoms with Crippen LogP contribution in [0.15, 0.2) is 114 Å². The maximum absolute atomic E-state index is 14.0. The van der Waals surface area contributed by atoms with Crippen molar-refractivity contribution in [3.63, 3.8) is 0 Å². The van der Waals surface area contributed by atoms with Crippen molar-refractivity contribution in [1.82, 2.24) is 4.98 Å². The molecule has 0 bridgehead atoms. The van der Waals surface area contributed by atoms with E-state index in [1.165, 1.54) is 0 Å². The van der Waals surface area contributed by atoms with Gasteiger partial charge in [0, 0.05) is 16.3 Å². The molecule has 5 aromatic carbocycles. The van der Waals surface area contributed by atoms with E-state index in [0.717, 1.165) is 54.8 Å². The quantitative estimate of drug-likeness (QED) is 0.330. The second-order valence-corrected chi connectivity index (χ2v) is 7.78. The van der Waals surface area contributed by atoms with Gasteiger partial charge in [0.15, 0.2) is 5.43 Å². The Kier molecular flexibility index (Phi) is 3.97. The van der Waals surface area contributed by atoms with Gasteiger partial charge in [0.2, 0.25) is 0 Å². The molecule has 0 spiro atoms. The summed E-state index contributed by atoms with van der Waals surface area (Å²) in [5, 5.41) is 4.58. The number of benzene rings is 4. The van der Waals surface area contributed by atoms with E-state index in [0.29, 0.717) is 0 Å². The highest BCUT2D eigenvalue weighted by Crippen LogP contribution is 2.39. The lowest BCUT2D eigenvalue weighted by atomic mass is 9.98. The van der Waals surface area contributed by atoms with Crippen molar-refractivity contribution >= 4 is 32.4 Å². The number of fused-ring (bicyclic) bond motifs is 5. The van der Waals surface area contributed by atoms with Crippen molar-refractivity contribution < 1.29 is 0 Å². The molecule has 1 heterocycles. The lowest BCUT2D eigenvalue weighted by Crippen LogP contribution is -1.98. The van der Waals surface area contributed by atoms with E-state index in [1.807, 2.05) is 72.8 Å². The first-order valence-corrected chi connectivity index (χ1v) is 10.4. The average Bonchev–Trinajstić information content (AvgIpc) is 3.21. The first-order chi connectivity index (χ1) is 15.3. The number of rotatable bonds is 2. The smallest absolute Gasteiger partial charge is 0.196 e. The van der Waals surface area contributed by atoms with E-state index in [-0.39, 0.29) is 5.43 Å². The molecule has 146 valence electrons. The molecule has 0 fully saturated rings. The van der Waals surface area contributed by atoms with Crippen LogP contribution in [-0.2, 0) is 0 Å². The first kappa shape index (κ1) is 17.7. The van der Waals surface area contributed by atoms with Crippen LogP contribution in [0.2, 0.25) is 0 Å². The minimum Gasteiger partial charge on any atom is -0.353 e. The van der Waals surface area contributed by atoms with Crippen molar-refractivity contribution in [3.8, 4) is 22.4 Å². The Bertz CT molecular complexity index is 1630. The zero-order valence-corrected chi connectivity index (χ0v) is 16.8. The largest absolute Gasteiger partial charge is 0.353 e. The van der Waals surface area contributed by atoms with Crippen molar-refractivity contribution in [2.75, 3.05) is 0 Å². The second kappa shape index (κ2) is 6.96. The zero-order chi connectivity index (χ0) is 20.8. The lowest BCUT2D eigenvalue weighted by Gasteiger charge is -2.05. The van der Waals surface area contributed by atoms with Gasteiger partial charge in [-0.25, -0.2) is 0 Å². The summed E-state index contributed by atoms with van der Waals surface area (Å²) in [6, 6.07) is 36.6. The number of hydrogen-bond acceptors (Lipinski definition) is 1. The van der Waals surface area contributed by atoms with Crippen LogP contribution in [0.5, 0.6) is 0 Å². The zero-order valence-electron chi connectivity index (χ0n) is 16.8. The molecule has 0 radical (unpaired) electrons. The highest BCUT2D eigenvalue weighted by atomic mass is 16.1. The van der Waals surface area contributed by atoms with Crippen LogP contribution in [0, 0.1) is 0 Å². The number of aromatic nitrogens is 1. The molecule has 6 rings (SSSR count). The molecule has 0 amide bonds. The Morgan fingerprint density at radius 1 is 0.484 bits per heavy atom. The Labute approximate surface area is 179 Å². The summed E-state index contributed by atoms with van der Waals surface area (Å²) >= 11 is 0. The molecule has 1 N–H and O–H groups in total. The SMILES string of the molecule is O=c1c2ccccc2c2ccccc2c2[nH]c(-c3ccccc3)c(-c3ccccc3)c12. The molecule has 1 aromatic heterocycles. The van der Waals surface area contributed by atoms with Crippen LogP contribution in [0.4, 0.5) is 0 Å². The third kappa shape index (κ3) is 2.69. The van der Waals surface area contributed by atoms with Crippen LogP contribution in [0.3, 0.4) is 0 Å². The van der Waals surface area contributed by atoms with Gasteiger partial charge in [0.1, 0.15) is 0 Å². The minimum absolute atomic E-state index is 0.0547. The summed E-state index contributed by atoms with van der Waals surface area (Å²) in [6.07, 6.45) is 0. The summed E-state index contributed by atoms with van der Waals surface area (Å²) in [6.45, 7) is 0. The van der Waals surface area contributed by atoms with Gasteiger partial charge < -0.3 is 4.98 Å².